The van der Waals surface area contributed by atoms with Gasteiger partial charge in [0.15, 0.2) is 0 Å². The number of nitrogens with one attached hydrogen (secondary N) is 2. The van der Waals surface area contributed by atoms with Crippen LogP contribution in [0.3, 0.4) is 0 Å². The predicted molar refractivity (Wildman–Crippen MR) is 82.8 cm³/mol. The van der Waals surface area contributed by atoms with Gasteiger partial charge in [0.05, 0.1) is 5.01 Å². The van der Waals surface area contributed by atoms with Crippen LogP contribution in [0.25, 0.3) is 0 Å². The SMILES string of the molecule is CNCc1csc(S(=O)(=O)NCCc2nc(C)cs2)c1. The van der Waals surface area contributed by atoms with Crippen molar-refractivity contribution in [1.29, 1.82) is 0 Å². The van der Waals surface area contributed by atoms with Crippen LogP contribution in [0.4, 0.5) is 0 Å². The maximum absolute atomic E-state index is 12.1. The van der Waals surface area contributed by atoms with Crippen LogP contribution in [0.2, 0.25) is 0 Å². The second-order valence-electron chi connectivity index (χ2n) is 4.33. The normalized spacial score (nSPS) is 11.9. The highest BCUT2D eigenvalue weighted by atomic mass is 32.2. The highest BCUT2D eigenvalue weighted by Gasteiger charge is 2.16. The monoisotopic (exact) mass is 331 g/mol. The average molecular weight is 331 g/mol. The van der Waals surface area contributed by atoms with Crippen LogP contribution in [0.5, 0.6) is 0 Å². The van der Waals surface area contributed by atoms with E-state index in [-0.39, 0.29) is 0 Å². The number of hydrogen-bond acceptors (Lipinski definition) is 6. The first-order valence-electron chi connectivity index (χ1n) is 6.14. The molecule has 0 aromatic carbocycles. The lowest BCUT2D eigenvalue weighted by Gasteiger charge is -2.03. The first-order chi connectivity index (χ1) is 9.51. The third-order valence-corrected chi connectivity index (χ3v) is 6.55. The second kappa shape index (κ2) is 6.77. The highest BCUT2D eigenvalue weighted by molar-refractivity contribution is 7.91. The average Bonchev–Trinajstić information content (AvgIpc) is 2.99. The smallest absolute Gasteiger partial charge is 0.250 e. The molecule has 0 radical (unpaired) electrons. The van der Waals surface area contributed by atoms with Crippen molar-refractivity contribution in [2.75, 3.05) is 13.6 Å². The third kappa shape index (κ3) is 4.10. The molecule has 0 bridgehead atoms. The van der Waals surface area contributed by atoms with Crippen molar-refractivity contribution in [1.82, 2.24) is 15.0 Å². The van der Waals surface area contributed by atoms with Crippen LogP contribution in [0, 0.1) is 6.92 Å². The maximum Gasteiger partial charge on any atom is 0.250 e. The molecule has 0 amide bonds. The van der Waals surface area contributed by atoms with Crippen molar-refractivity contribution in [3.05, 3.63) is 33.1 Å². The molecule has 20 heavy (non-hydrogen) atoms. The number of sulfonamides is 1. The molecule has 8 heteroatoms. The second-order valence-corrected chi connectivity index (χ2v) is 8.18. The lowest BCUT2D eigenvalue weighted by molar-refractivity contribution is 0.583. The summed E-state index contributed by atoms with van der Waals surface area (Å²) in [4.78, 5) is 4.31. The van der Waals surface area contributed by atoms with Crippen molar-refractivity contribution in [3.8, 4) is 0 Å². The summed E-state index contributed by atoms with van der Waals surface area (Å²) in [6.07, 6.45) is 0.618. The summed E-state index contributed by atoms with van der Waals surface area (Å²) in [7, 11) is -1.57. The Hall–Kier alpha value is -0.800. The van der Waals surface area contributed by atoms with Crippen LogP contribution >= 0.6 is 22.7 Å². The van der Waals surface area contributed by atoms with E-state index in [1.807, 2.05) is 24.7 Å². The topological polar surface area (TPSA) is 71.1 Å². The van der Waals surface area contributed by atoms with Gasteiger partial charge in [0.25, 0.3) is 0 Å². The van der Waals surface area contributed by atoms with Gasteiger partial charge in [-0.3, -0.25) is 0 Å². The number of thiazole rings is 1. The molecule has 0 aliphatic rings. The van der Waals surface area contributed by atoms with Crippen LogP contribution < -0.4 is 10.0 Å². The molecule has 0 atom stereocenters. The van der Waals surface area contributed by atoms with Crippen molar-refractivity contribution in [2.24, 2.45) is 0 Å². The first kappa shape index (κ1) is 15.6. The maximum atomic E-state index is 12.1. The van der Waals surface area contributed by atoms with Gasteiger partial charge in [-0.2, -0.15) is 0 Å². The van der Waals surface area contributed by atoms with E-state index in [0.717, 1.165) is 16.3 Å². The van der Waals surface area contributed by atoms with E-state index in [9.17, 15) is 8.42 Å². The van der Waals surface area contributed by atoms with Gasteiger partial charge in [-0.15, -0.1) is 22.7 Å². The Morgan fingerprint density at radius 3 is 2.75 bits per heavy atom. The molecule has 5 nitrogen and oxygen atoms in total. The fourth-order valence-corrected chi connectivity index (χ4v) is 4.73. The summed E-state index contributed by atoms with van der Waals surface area (Å²) in [6, 6.07) is 1.71. The van der Waals surface area contributed by atoms with E-state index < -0.39 is 10.0 Å². The zero-order chi connectivity index (χ0) is 14.6. The Kier molecular flexibility index (Phi) is 5.28. The number of thiophene rings is 1. The summed E-state index contributed by atoms with van der Waals surface area (Å²) < 4.78 is 27.2. The minimum absolute atomic E-state index is 0.359. The molecule has 0 unspecified atom stereocenters. The van der Waals surface area contributed by atoms with Crippen molar-refractivity contribution in [2.45, 2.75) is 24.1 Å². The minimum Gasteiger partial charge on any atom is -0.316 e. The Morgan fingerprint density at radius 2 is 2.10 bits per heavy atom. The molecule has 0 spiro atoms. The molecular weight excluding hydrogens is 314 g/mol. The minimum atomic E-state index is -3.40. The molecule has 0 fully saturated rings. The number of nitrogens with zero attached hydrogens (tertiary/aromatic N) is 1. The standard InChI is InChI=1S/C12H17N3O2S3/c1-9-7-18-11(15-9)3-4-14-20(16,17)12-5-10(6-13-2)8-19-12/h5,7-8,13-14H,3-4,6H2,1-2H3. The Bertz CT molecular complexity index is 661. The summed E-state index contributed by atoms with van der Waals surface area (Å²) in [5, 5.41) is 7.77. The first-order valence-corrected chi connectivity index (χ1v) is 9.38. The van der Waals surface area contributed by atoms with E-state index in [1.54, 1.807) is 17.4 Å². The molecular formula is C12H17N3O2S3. The summed E-state index contributed by atoms with van der Waals surface area (Å²) in [5.74, 6) is 0. The van der Waals surface area contributed by atoms with E-state index in [2.05, 4.69) is 15.0 Å². The van der Waals surface area contributed by atoms with Gasteiger partial charge in [0.1, 0.15) is 4.21 Å². The van der Waals surface area contributed by atoms with Gasteiger partial charge in [-0.05, 0) is 31.0 Å². The van der Waals surface area contributed by atoms with E-state index in [0.29, 0.717) is 23.7 Å². The quantitative estimate of drug-likeness (QED) is 0.811. The number of rotatable bonds is 7. The highest BCUT2D eigenvalue weighted by Crippen LogP contribution is 2.20. The summed E-state index contributed by atoms with van der Waals surface area (Å²) >= 11 is 2.80. The number of aryl methyl sites for hydroxylation is 1. The van der Waals surface area contributed by atoms with Gasteiger partial charge in [0, 0.05) is 30.6 Å². The Labute approximate surface area is 127 Å². The molecule has 2 rings (SSSR count). The molecule has 2 aromatic rings. The zero-order valence-electron chi connectivity index (χ0n) is 11.3. The molecule has 2 heterocycles. The van der Waals surface area contributed by atoms with Crippen LogP contribution in [-0.4, -0.2) is 27.0 Å². The van der Waals surface area contributed by atoms with Gasteiger partial charge in [0.2, 0.25) is 10.0 Å². The lowest BCUT2D eigenvalue weighted by atomic mass is 10.3. The van der Waals surface area contributed by atoms with Crippen LogP contribution in [0.15, 0.2) is 21.0 Å². The molecule has 0 saturated carbocycles. The molecule has 0 saturated heterocycles. The van der Waals surface area contributed by atoms with Crippen molar-refractivity contribution >= 4 is 32.7 Å². The molecule has 0 aliphatic heterocycles. The lowest BCUT2D eigenvalue weighted by Crippen LogP contribution is -2.25. The summed E-state index contributed by atoms with van der Waals surface area (Å²) in [6.45, 7) is 2.97. The Morgan fingerprint density at radius 1 is 1.30 bits per heavy atom. The van der Waals surface area contributed by atoms with Crippen molar-refractivity contribution in [3.63, 3.8) is 0 Å². The third-order valence-electron chi connectivity index (χ3n) is 2.57. The number of aromatic nitrogens is 1. The molecule has 2 N–H and O–H groups in total. The largest absolute Gasteiger partial charge is 0.316 e. The van der Waals surface area contributed by atoms with Crippen LogP contribution in [0.1, 0.15) is 16.3 Å². The van der Waals surface area contributed by atoms with Crippen molar-refractivity contribution < 1.29 is 8.42 Å². The van der Waals surface area contributed by atoms with Gasteiger partial charge in [-0.25, -0.2) is 18.1 Å². The van der Waals surface area contributed by atoms with Gasteiger partial charge < -0.3 is 5.32 Å². The Balaban J connectivity index is 1.92. The zero-order valence-corrected chi connectivity index (χ0v) is 13.8. The van der Waals surface area contributed by atoms with Gasteiger partial charge in [-0.1, -0.05) is 0 Å². The van der Waals surface area contributed by atoms with Crippen LogP contribution in [-0.2, 0) is 23.0 Å². The number of hydrogen-bond donors (Lipinski definition) is 2. The van der Waals surface area contributed by atoms with E-state index >= 15 is 0 Å². The van der Waals surface area contributed by atoms with E-state index in [4.69, 9.17) is 0 Å². The van der Waals surface area contributed by atoms with E-state index in [1.165, 1.54) is 11.3 Å². The molecule has 2 aromatic heterocycles. The fourth-order valence-electron chi connectivity index (χ4n) is 1.67. The fraction of sp³-hybridized carbons (Fsp3) is 0.417. The molecule has 110 valence electrons. The van der Waals surface area contributed by atoms with Gasteiger partial charge >= 0.3 is 0 Å². The summed E-state index contributed by atoms with van der Waals surface area (Å²) in [5.41, 5.74) is 1.95. The molecule has 0 aliphatic carbocycles. The predicted octanol–water partition coefficient (Wildman–Crippen LogP) is 1.75.